The van der Waals surface area contributed by atoms with E-state index in [2.05, 4.69) is 24.5 Å². The van der Waals surface area contributed by atoms with Gasteiger partial charge >= 0.3 is 6.03 Å². The average molecular weight is 300 g/mol. The number of carbonyl (C=O) groups excluding carboxylic acids is 1. The molecule has 0 radical (unpaired) electrons. The molecule has 0 aliphatic rings. The Morgan fingerprint density at radius 3 is 2.27 bits per heavy atom. The first-order valence-electron chi connectivity index (χ1n) is 7.07. The second kappa shape index (κ2) is 6.39. The van der Waals surface area contributed by atoms with Crippen molar-refractivity contribution in [2.24, 2.45) is 0 Å². The summed E-state index contributed by atoms with van der Waals surface area (Å²) in [6.07, 6.45) is 0. The molecule has 0 bridgehead atoms. The standard InChI is InChI=1S/C17H20N2O3/c1-10(2)15-6-4-5-11(3)16(15)19-17(22)18-12-7-13(20)9-14(21)8-12/h4-10,20-21H,1-3H3,(H2,18,19,22). The van der Waals surface area contributed by atoms with Gasteiger partial charge in [-0.15, -0.1) is 0 Å². The van der Waals surface area contributed by atoms with E-state index in [0.717, 1.165) is 16.8 Å². The molecule has 2 rings (SSSR count). The quantitative estimate of drug-likeness (QED) is 0.686. The number of urea groups is 1. The number of anilines is 2. The summed E-state index contributed by atoms with van der Waals surface area (Å²) in [6.45, 7) is 6.05. The summed E-state index contributed by atoms with van der Waals surface area (Å²) >= 11 is 0. The predicted molar refractivity (Wildman–Crippen MR) is 87.7 cm³/mol. The molecule has 0 fully saturated rings. The number of nitrogens with one attached hydrogen (secondary N) is 2. The third kappa shape index (κ3) is 3.69. The highest BCUT2D eigenvalue weighted by atomic mass is 16.3. The monoisotopic (exact) mass is 300 g/mol. The van der Waals surface area contributed by atoms with Crippen LogP contribution in [0.25, 0.3) is 0 Å². The lowest BCUT2D eigenvalue weighted by Gasteiger charge is -2.17. The number of para-hydroxylation sites is 1. The third-order valence-electron chi connectivity index (χ3n) is 3.33. The SMILES string of the molecule is Cc1cccc(C(C)C)c1NC(=O)Nc1cc(O)cc(O)c1. The van der Waals surface area contributed by atoms with E-state index in [1.165, 1.54) is 18.2 Å². The smallest absolute Gasteiger partial charge is 0.323 e. The van der Waals surface area contributed by atoms with Gasteiger partial charge in [-0.05, 0) is 24.0 Å². The van der Waals surface area contributed by atoms with Gasteiger partial charge in [0.05, 0.1) is 0 Å². The topological polar surface area (TPSA) is 81.6 Å². The minimum Gasteiger partial charge on any atom is -0.508 e. The second-order valence-electron chi connectivity index (χ2n) is 5.51. The number of phenolic OH excluding ortho intramolecular Hbond substituents is 2. The van der Waals surface area contributed by atoms with Crippen molar-refractivity contribution in [1.82, 2.24) is 0 Å². The molecule has 116 valence electrons. The highest BCUT2D eigenvalue weighted by Gasteiger charge is 2.12. The van der Waals surface area contributed by atoms with E-state index in [1.807, 2.05) is 25.1 Å². The van der Waals surface area contributed by atoms with Gasteiger partial charge in [0.15, 0.2) is 0 Å². The fraction of sp³-hybridized carbons (Fsp3) is 0.235. The van der Waals surface area contributed by atoms with E-state index in [4.69, 9.17) is 0 Å². The minimum absolute atomic E-state index is 0.117. The molecule has 0 atom stereocenters. The summed E-state index contributed by atoms with van der Waals surface area (Å²) < 4.78 is 0. The minimum atomic E-state index is -0.429. The Hall–Kier alpha value is -2.69. The molecule has 0 aromatic heterocycles. The molecule has 0 aliphatic heterocycles. The van der Waals surface area contributed by atoms with Gasteiger partial charge in [0.2, 0.25) is 0 Å². The number of benzene rings is 2. The molecule has 4 N–H and O–H groups in total. The van der Waals surface area contributed by atoms with Crippen molar-refractivity contribution in [2.75, 3.05) is 10.6 Å². The molecule has 0 aliphatic carbocycles. The fourth-order valence-corrected chi connectivity index (χ4v) is 2.29. The highest BCUT2D eigenvalue weighted by Crippen LogP contribution is 2.28. The van der Waals surface area contributed by atoms with Crippen molar-refractivity contribution >= 4 is 17.4 Å². The molecule has 0 saturated carbocycles. The van der Waals surface area contributed by atoms with E-state index < -0.39 is 6.03 Å². The number of hydrogen-bond acceptors (Lipinski definition) is 3. The van der Waals surface area contributed by atoms with Crippen LogP contribution in [0.4, 0.5) is 16.2 Å². The third-order valence-corrected chi connectivity index (χ3v) is 3.33. The van der Waals surface area contributed by atoms with E-state index in [9.17, 15) is 15.0 Å². The maximum atomic E-state index is 12.1. The summed E-state index contributed by atoms with van der Waals surface area (Å²) in [5, 5.41) is 24.3. The average Bonchev–Trinajstić information content (AvgIpc) is 2.39. The van der Waals surface area contributed by atoms with Crippen molar-refractivity contribution < 1.29 is 15.0 Å². The molecule has 2 amide bonds. The van der Waals surface area contributed by atoms with Crippen LogP contribution in [0, 0.1) is 6.92 Å². The van der Waals surface area contributed by atoms with Gasteiger partial charge in [-0.3, -0.25) is 0 Å². The molecular formula is C17H20N2O3. The molecule has 5 heteroatoms. The van der Waals surface area contributed by atoms with Crippen LogP contribution in [0.3, 0.4) is 0 Å². The van der Waals surface area contributed by atoms with Gasteiger partial charge in [-0.25, -0.2) is 4.79 Å². The van der Waals surface area contributed by atoms with Gasteiger partial charge in [0, 0.05) is 29.6 Å². The van der Waals surface area contributed by atoms with E-state index >= 15 is 0 Å². The van der Waals surface area contributed by atoms with Crippen LogP contribution in [0.5, 0.6) is 11.5 Å². The molecule has 0 saturated heterocycles. The zero-order valence-electron chi connectivity index (χ0n) is 12.8. The molecule has 2 aromatic carbocycles. The van der Waals surface area contributed by atoms with E-state index in [1.54, 1.807) is 0 Å². The first-order chi connectivity index (χ1) is 10.4. The molecule has 0 unspecified atom stereocenters. The van der Waals surface area contributed by atoms with Gasteiger partial charge in [-0.1, -0.05) is 32.0 Å². The summed E-state index contributed by atoms with van der Waals surface area (Å²) in [5.74, 6) is 0.0446. The largest absolute Gasteiger partial charge is 0.508 e. The van der Waals surface area contributed by atoms with Crippen LogP contribution >= 0.6 is 0 Å². The van der Waals surface area contributed by atoms with Gasteiger partial charge in [-0.2, -0.15) is 0 Å². The molecule has 22 heavy (non-hydrogen) atoms. The van der Waals surface area contributed by atoms with E-state index in [-0.39, 0.29) is 17.4 Å². The van der Waals surface area contributed by atoms with Gasteiger partial charge in [0.25, 0.3) is 0 Å². The Bertz CT molecular complexity index is 676. The van der Waals surface area contributed by atoms with Crippen molar-refractivity contribution in [3.63, 3.8) is 0 Å². The van der Waals surface area contributed by atoms with Gasteiger partial charge < -0.3 is 20.8 Å². The lowest BCUT2D eigenvalue weighted by atomic mass is 9.98. The van der Waals surface area contributed by atoms with Crippen LogP contribution in [0.15, 0.2) is 36.4 Å². The summed E-state index contributed by atoms with van der Waals surface area (Å²) in [4.78, 5) is 12.1. The number of aromatic hydroxyl groups is 2. The number of amides is 2. The van der Waals surface area contributed by atoms with E-state index in [0.29, 0.717) is 5.69 Å². The summed E-state index contributed by atoms with van der Waals surface area (Å²) in [6, 6.07) is 9.36. The number of aryl methyl sites for hydroxylation is 1. The summed E-state index contributed by atoms with van der Waals surface area (Å²) in [5.41, 5.74) is 3.11. The molecular weight excluding hydrogens is 280 g/mol. The van der Waals surface area contributed by atoms with Crippen LogP contribution < -0.4 is 10.6 Å². The maximum absolute atomic E-state index is 12.1. The van der Waals surface area contributed by atoms with Gasteiger partial charge in [0.1, 0.15) is 11.5 Å². The van der Waals surface area contributed by atoms with Crippen molar-refractivity contribution in [1.29, 1.82) is 0 Å². The van der Waals surface area contributed by atoms with Crippen molar-refractivity contribution in [2.45, 2.75) is 26.7 Å². The highest BCUT2D eigenvalue weighted by molar-refractivity contribution is 6.01. The number of phenols is 2. The number of rotatable bonds is 3. The van der Waals surface area contributed by atoms with Crippen LogP contribution in [-0.4, -0.2) is 16.2 Å². The fourth-order valence-electron chi connectivity index (χ4n) is 2.29. The zero-order chi connectivity index (χ0) is 16.3. The first kappa shape index (κ1) is 15.7. The van der Waals surface area contributed by atoms with Crippen molar-refractivity contribution in [3.8, 4) is 11.5 Å². The lowest BCUT2D eigenvalue weighted by Crippen LogP contribution is -2.21. The Morgan fingerprint density at radius 2 is 1.68 bits per heavy atom. The molecule has 2 aromatic rings. The predicted octanol–water partition coefficient (Wildman–Crippen LogP) is 4.17. The zero-order valence-corrected chi connectivity index (χ0v) is 12.8. The number of carbonyl (C=O) groups is 1. The number of hydrogen-bond donors (Lipinski definition) is 4. The van der Waals surface area contributed by atoms with Crippen molar-refractivity contribution in [3.05, 3.63) is 47.5 Å². The van der Waals surface area contributed by atoms with Crippen LogP contribution in [-0.2, 0) is 0 Å². The Morgan fingerprint density at radius 1 is 1.05 bits per heavy atom. The Kier molecular flexibility index (Phi) is 4.56. The van der Waals surface area contributed by atoms with Crippen LogP contribution in [0.1, 0.15) is 30.9 Å². The molecule has 5 nitrogen and oxygen atoms in total. The lowest BCUT2D eigenvalue weighted by molar-refractivity contribution is 0.262. The molecule has 0 spiro atoms. The Balaban J connectivity index is 2.19. The normalized spacial score (nSPS) is 10.5. The maximum Gasteiger partial charge on any atom is 0.323 e. The first-order valence-corrected chi connectivity index (χ1v) is 7.07. The van der Waals surface area contributed by atoms with Crippen LogP contribution in [0.2, 0.25) is 0 Å². The Labute approximate surface area is 129 Å². The second-order valence-corrected chi connectivity index (χ2v) is 5.51. The molecule has 0 heterocycles. The summed E-state index contributed by atoms with van der Waals surface area (Å²) in [7, 11) is 0.